The van der Waals surface area contributed by atoms with Crippen LogP contribution in [0.25, 0.3) is 0 Å². The maximum atomic E-state index is 11.8. The number of hydrogen-bond donors (Lipinski definition) is 4. The maximum absolute atomic E-state index is 11.8. The number of anilines is 2. The van der Waals surface area contributed by atoms with E-state index in [1.165, 1.54) is 12.1 Å². The van der Waals surface area contributed by atoms with Gasteiger partial charge in [-0.15, -0.1) is 0 Å². The van der Waals surface area contributed by atoms with Crippen molar-refractivity contribution in [3.05, 3.63) is 48.0 Å². The van der Waals surface area contributed by atoms with E-state index >= 15 is 0 Å². The molecule has 7 heteroatoms. The molecule has 0 aliphatic rings. The number of hydrogen-bond acceptors (Lipinski definition) is 4. The molecule has 2 aromatic rings. The molecule has 22 heavy (non-hydrogen) atoms. The van der Waals surface area contributed by atoms with Gasteiger partial charge in [-0.05, 0) is 36.4 Å². The molecule has 0 bridgehead atoms. The van der Waals surface area contributed by atoms with Crippen LogP contribution in [0.4, 0.5) is 16.2 Å². The summed E-state index contributed by atoms with van der Waals surface area (Å²) in [6.45, 7) is 0. The van der Waals surface area contributed by atoms with Crippen molar-refractivity contribution in [2.24, 2.45) is 0 Å². The predicted molar refractivity (Wildman–Crippen MR) is 80.7 cm³/mol. The van der Waals surface area contributed by atoms with Crippen LogP contribution < -0.4 is 15.4 Å². The van der Waals surface area contributed by atoms with E-state index in [0.717, 1.165) is 6.07 Å². The second-order valence-corrected chi connectivity index (χ2v) is 4.34. The number of nitrogens with one attached hydrogen (secondary N) is 2. The molecule has 0 unspecified atom stereocenters. The number of methoxy groups -OCH3 is 1. The zero-order valence-electron chi connectivity index (χ0n) is 11.7. The Morgan fingerprint density at radius 2 is 1.59 bits per heavy atom. The summed E-state index contributed by atoms with van der Waals surface area (Å²) in [5.74, 6) is -0.998. The van der Waals surface area contributed by atoms with Gasteiger partial charge in [0.15, 0.2) is 0 Å². The van der Waals surface area contributed by atoms with Crippen LogP contribution in [0.5, 0.6) is 11.5 Å². The third-order valence-corrected chi connectivity index (χ3v) is 2.83. The van der Waals surface area contributed by atoms with E-state index in [2.05, 4.69) is 10.6 Å². The monoisotopic (exact) mass is 302 g/mol. The number of amides is 2. The molecular weight excluding hydrogens is 288 g/mol. The Balaban J connectivity index is 2.02. The lowest BCUT2D eigenvalue weighted by atomic mass is 10.2. The minimum absolute atomic E-state index is 0.235. The van der Waals surface area contributed by atoms with Crippen molar-refractivity contribution in [1.82, 2.24) is 0 Å². The average Bonchev–Trinajstić information content (AvgIpc) is 2.47. The summed E-state index contributed by atoms with van der Waals surface area (Å²) in [6, 6.07) is 9.97. The molecule has 0 fully saturated rings. The number of rotatable bonds is 4. The molecule has 114 valence electrons. The molecule has 0 aliphatic heterocycles. The minimum atomic E-state index is -1.24. The van der Waals surface area contributed by atoms with Gasteiger partial charge in [0, 0.05) is 17.4 Å². The molecule has 0 heterocycles. The molecule has 0 spiro atoms. The van der Waals surface area contributed by atoms with Gasteiger partial charge in [0.05, 0.1) is 7.11 Å². The van der Waals surface area contributed by atoms with Gasteiger partial charge in [-0.25, -0.2) is 9.59 Å². The van der Waals surface area contributed by atoms with Crippen molar-refractivity contribution in [2.45, 2.75) is 0 Å². The first kappa shape index (κ1) is 15.2. The van der Waals surface area contributed by atoms with Crippen molar-refractivity contribution in [1.29, 1.82) is 0 Å². The quantitative estimate of drug-likeness (QED) is 0.694. The third kappa shape index (κ3) is 3.66. The fourth-order valence-corrected chi connectivity index (χ4v) is 1.76. The van der Waals surface area contributed by atoms with E-state index in [4.69, 9.17) is 9.84 Å². The third-order valence-electron chi connectivity index (χ3n) is 2.83. The van der Waals surface area contributed by atoms with Crippen LogP contribution >= 0.6 is 0 Å². The molecule has 4 N–H and O–H groups in total. The van der Waals surface area contributed by atoms with Gasteiger partial charge in [0.2, 0.25) is 0 Å². The zero-order chi connectivity index (χ0) is 16.1. The van der Waals surface area contributed by atoms with Crippen LogP contribution in [0.15, 0.2) is 42.5 Å². The Hall–Kier alpha value is -3.22. The van der Waals surface area contributed by atoms with Crippen LogP contribution in [0.2, 0.25) is 0 Å². The van der Waals surface area contributed by atoms with Crippen molar-refractivity contribution in [3.63, 3.8) is 0 Å². The molecule has 0 aliphatic carbocycles. The Kier molecular flexibility index (Phi) is 4.47. The van der Waals surface area contributed by atoms with Crippen molar-refractivity contribution < 1.29 is 24.5 Å². The number of carbonyl (C=O) groups excluding carboxylic acids is 1. The Labute approximate surface area is 126 Å². The second kappa shape index (κ2) is 6.49. The molecule has 2 rings (SSSR count). The number of aromatic hydroxyl groups is 1. The van der Waals surface area contributed by atoms with Gasteiger partial charge >= 0.3 is 12.0 Å². The SMILES string of the molecule is COc1ccc(NC(=O)Nc2ccc(C(=O)O)c(O)c2)cc1. The first-order chi connectivity index (χ1) is 10.5. The number of benzene rings is 2. The van der Waals surface area contributed by atoms with Crippen molar-refractivity contribution >= 4 is 23.4 Å². The summed E-state index contributed by atoms with van der Waals surface area (Å²) >= 11 is 0. The van der Waals surface area contributed by atoms with Crippen LogP contribution in [-0.2, 0) is 0 Å². The molecule has 2 amide bonds. The molecular formula is C15H14N2O5. The fraction of sp³-hybridized carbons (Fsp3) is 0.0667. The fourth-order valence-electron chi connectivity index (χ4n) is 1.76. The Morgan fingerprint density at radius 3 is 2.14 bits per heavy atom. The second-order valence-electron chi connectivity index (χ2n) is 4.34. The highest BCUT2D eigenvalue weighted by Crippen LogP contribution is 2.22. The van der Waals surface area contributed by atoms with Crippen LogP contribution in [0, 0.1) is 0 Å². The summed E-state index contributed by atoms with van der Waals surface area (Å²) in [7, 11) is 1.54. The number of carboxylic acids is 1. The Morgan fingerprint density at radius 1 is 1.00 bits per heavy atom. The lowest BCUT2D eigenvalue weighted by molar-refractivity contribution is 0.0694. The lowest BCUT2D eigenvalue weighted by Gasteiger charge is -2.09. The average molecular weight is 302 g/mol. The van der Waals surface area contributed by atoms with Crippen LogP contribution in [0.3, 0.4) is 0 Å². The number of carbonyl (C=O) groups is 2. The van der Waals surface area contributed by atoms with Crippen molar-refractivity contribution in [3.8, 4) is 11.5 Å². The lowest BCUT2D eigenvalue weighted by Crippen LogP contribution is -2.19. The molecule has 0 atom stereocenters. The minimum Gasteiger partial charge on any atom is -0.507 e. The first-order valence-corrected chi connectivity index (χ1v) is 6.28. The summed E-state index contributed by atoms with van der Waals surface area (Å²) < 4.78 is 5.01. The molecule has 7 nitrogen and oxygen atoms in total. The van der Waals surface area contributed by atoms with Gasteiger partial charge in [0.25, 0.3) is 0 Å². The van der Waals surface area contributed by atoms with Gasteiger partial charge in [-0.3, -0.25) is 0 Å². The number of urea groups is 1. The molecule has 2 aromatic carbocycles. The van der Waals surface area contributed by atoms with Crippen LogP contribution in [0.1, 0.15) is 10.4 Å². The van der Waals surface area contributed by atoms with Crippen LogP contribution in [-0.4, -0.2) is 29.3 Å². The highest BCUT2D eigenvalue weighted by atomic mass is 16.5. The van der Waals surface area contributed by atoms with Gasteiger partial charge in [0.1, 0.15) is 17.1 Å². The van der Waals surface area contributed by atoms with Gasteiger partial charge < -0.3 is 25.6 Å². The summed E-state index contributed by atoms with van der Waals surface area (Å²) in [5, 5.41) is 23.4. The van der Waals surface area contributed by atoms with E-state index in [-0.39, 0.29) is 11.3 Å². The summed E-state index contributed by atoms with van der Waals surface area (Å²) in [5.41, 5.74) is 0.597. The van der Waals surface area contributed by atoms with E-state index in [9.17, 15) is 14.7 Å². The first-order valence-electron chi connectivity index (χ1n) is 6.28. The zero-order valence-corrected chi connectivity index (χ0v) is 11.7. The van der Waals surface area contributed by atoms with E-state index in [1.54, 1.807) is 31.4 Å². The number of carboxylic acid groups (broad SMARTS) is 1. The summed E-state index contributed by atoms with van der Waals surface area (Å²) in [6.07, 6.45) is 0. The Bertz CT molecular complexity index is 698. The number of aromatic carboxylic acids is 1. The van der Waals surface area contributed by atoms with Gasteiger partial charge in [-0.2, -0.15) is 0 Å². The molecule has 0 saturated carbocycles. The normalized spacial score (nSPS) is 9.86. The smallest absolute Gasteiger partial charge is 0.339 e. The molecule has 0 aromatic heterocycles. The largest absolute Gasteiger partial charge is 0.507 e. The van der Waals surface area contributed by atoms with Crippen molar-refractivity contribution in [2.75, 3.05) is 17.7 Å². The highest BCUT2D eigenvalue weighted by molar-refractivity contribution is 6.00. The number of phenols is 1. The van der Waals surface area contributed by atoms with Gasteiger partial charge in [-0.1, -0.05) is 0 Å². The number of ether oxygens (including phenoxy) is 1. The topological polar surface area (TPSA) is 108 Å². The summed E-state index contributed by atoms with van der Waals surface area (Å²) in [4.78, 5) is 22.6. The highest BCUT2D eigenvalue weighted by Gasteiger charge is 2.11. The molecule has 0 saturated heterocycles. The van der Waals surface area contributed by atoms with E-state index in [0.29, 0.717) is 11.4 Å². The standard InChI is InChI=1S/C15H14N2O5/c1-22-11-5-2-9(3-6-11)16-15(21)17-10-4-7-12(14(19)20)13(18)8-10/h2-8,18H,1H3,(H,19,20)(H2,16,17,21). The predicted octanol–water partition coefficient (Wildman–Crippen LogP) is 2.74. The van der Waals surface area contributed by atoms with E-state index < -0.39 is 17.7 Å². The molecule has 0 radical (unpaired) electrons. The van der Waals surface area contributed by atoms with E-state index in [1.807, 2.05) is 0 Å². The maximum Gasteiger partial charge on any atom is 0.339 e.